The number of nitrogen functional groups attached to an aromatic ring is 1. The van der Waals surface area contributed by atoms with E-state index in [4.69, 9.17) is 34.2 Å². The quantitative estimate of drug-likeness (QED) is 0.598. The predicted octanol–water partition coefficient (Wildman–Crippen LogP) is 1.96. The van der Waals surface area contributed by atoms with Crippen molar-refractivity contribution in [1.82, 2.24) is 0 Å². The van der Waals surface area contributed by atoms with Gasteiger partial charge in [0.1, 0.15) is 36.4 Å². The van der Waals surface area contributed by atoms with Crippen LogP contribution in [-0.2, 0) is 33.2 Å². The summed E-state index contributed by atoms with van der Waals surface area (Å²) in [6.07, 6.45) is -2.26. The van der Waals surface area contributed by atoms with Gasteiger partial charge in [-0.15, -0.1) is 0 Å². The van der Waals surface area contributed by atoms with E-state index in [1.165, 1.54) is 7.11 Å². The fourth-order valence-corrected chi connectivity index (χ4v) is 4.45. The van der Waals surface area contributed by atoms with Crippen molar-refractivity contribution in [3.8, 4) is 0 Å². The van der Waals surface area contributed by atoms with Gasteiger partial charge in [-0.25, -0.2) is 0 Å². The van der Waals surface area contributed by atoms with Gasteiger partial charge in [0.15, 0.2) is 11.6 Å². The Morgan fingerprint density at radius 3 is 2.45 bits per heavy atom. The summed E-state index contributed by atoms with van der Waals surface area (Å²) in [6, 6.07) is 7.16. The molecule has 0 spiro atoms. The van der Waals surface area contributed by atoms with E-state index in [1.807, 2.05) is 33.8 Å². The van der Waals surface area contributed by atoms with Crippen LogP contribution < -0.4 is 5.73 Å². The van der Waals surface area contributed by atoms with Crippen LogP contribution in [0.4, 0.5) is 5.69 Å². The highest BCUT2D eigenvalue weighted by Gasteiger charge is 2.61. The van der Waals surface area contributed by atoms with Crippen LogP contribution >= 0.6 is 0 Å². The number of ether oxygens (including phenoxy) is 6. The van der Waals surface area contributed by atoms with Gasteiger partial charge < -0.3 is 34.2 Å². The van der Waals surface area contributed by atoms with Crippen molar-refractivity contribution < 1.29 is 33.2 Å². The Morgan fingerprint density at radius 2 is 1.83 bits per heavy atom. The van der Waals surface area contributed by atoms with Gasteiger partial charge in [-0.2, -0.15) is 0 Å². The lowest BCUT2D eigenvalue weighted by Gasteiger charge is -2.29. The van der Waals surface area contributed by atoms with E-state index in [0.717, 1.165) is 0 Å². The first-order valence-electron chi connectivity index (χ1n) is 9.86. The fourth-order valence-electron chi connectivity index (χ4n) is 4.45. The molecule has 0 saturated carbocycles. The molecule has 0 amide bonds. The van der Waals surface area contributed by atoms with Crippen LogP contribution in [0.2, 0.25) is 0 Å². The zero-order valence-corrected chi connectivity index (χ0v) is 17.4. The minimum atomic E-state index is -0.805. The lowest BCUT2D eigenvalue weighted by atomic mass is 9.89. The molecule has 0 radical (unpaired) electrons. The van der Waals surface area contributed by atoms with Crippen molar-refractivity contribution >= 4 is 11.7 Å². The molecule has 0 aliphatic carbocycles. The van der Waals surface area contributed by atoms with E-state index in [1.54, 1.807) is 18.2 Å². The van der Waals surface area contributed by atoms with Crippen LogP contribution in [0.3, 0.4) is 0 Å². The number of nitrogens with two attached hydrogens (primary N) is 1. The maximum Gasteiger partial charge on any atom is 0.315 e. The highest BCUT2D eigenvalue weighted by Crippen LogP contribution is 2.46. The zero-order chi connectivity index (χ0) is 21.0. The van der Waals surface area contributed by atoms with Gasteiger partial charge in [-0.1, -0.05) is 12.1 Å². The molecular formula is C21H29NO7. The van der Waals surface area contributed by atoms with Gasteiger partial charge in [-0.05, 0) is 45.4 Å². The summed E-state index contributed by atoms with van der Waals surface area (Å²) in [6.45, 7) is 7.79. The molecular weight excluding hydrogens is 378 g/mol. The fraction of sp³-hybridized carbons (Fsp3) is 0.667. The van der Waals surface area contributed by atoms with E-state index in [0.29, 0.717) is 17.9 Å². The summed E-state index contributed by atoms with van der Waals surface area (Å²) in [7, 11) is 1.36. The molecule has 160 valence electrons. The minimum Gasteiger partial charge on any atom is -0.468 e. The second kappa shape index (κ2) is 7.21. The first kappa shape index (κ1) is 20.6. The van der Waals surface area contributed by atoms with Crippen LogP contribution in [0, 0.1) is 0 Å². The SMILES string of the molecule is COC(=O)C(c1cccc(N)c1)[C@H]1O[C@@H]([C@H]2COC(C)(C)O2)[C@H]2OC(C)(C)O[C@H]21. The second-order valence-corrected chi connectivity index (χ2v) is 8.67. The van der Waals surface area contributed by atoms with Crippen LogP contribution in [0.1, 0.15) is 39.2 Å². The summed E-state index contributed by atoms with van der Waals surface area (Å²) in [5.41, 5.74) is 7.22. The van der Waals surface area contributed by atoms with Gasteiger partial charge in [-0.3, -0.25) is 4.79 Å². The molecule has 29 heavy (non-hydrogen) atoms. The predicted molar refractivity (Wildman–Crippen MR) is 103 cm³/mol. The first-order valence-corrected chi connectivity index (χ1v) is 9.86. The lowest BCUT2D eigenvalue weighted by molar-refractivity contribution is -0.210. The van der Waals surface area contributed by atoms with Gasteiger partial charge in [0.25, 0.3) is 0 Å². The third-order valence-electron chi connectivity index (χ3n) is 5.58. The molecule has 1 unspecified atom stereocenters. The van der Waals surface area contributed by atoms with E-state index < -0.39 is 47.9 Å². The summed E-state index contributed by atoms with van der Waals surface area (Å²) in [5.74, 6) is -2.64. The van der Waals surface area contributed by atoms with Gasteiger partial charge >= 0.3 is 5.97 Å². The number of hydrogen-bond donors (Lipinski definition) is 1. The van der Waals surface area contributed by atoms with Crippen molar-refractivity contribution in [3.05, 3.63) is 29.8 Å². The Hall–Kier alpha value is -1.71. The number of anilines is 1. The standard InChI is InChI=1S/C21H29NO7/c1-20(2)25-10-13(27-20)15-17-18(29-21(3,4)28-17)16(26-15)14(19(23)24-5)11-7-6-8-12(22)9-11/h6-9,13-18H,10,22H2,1-5H3/t13-,14?,15+,16-,17-,18+/m1/s1. The largest absolute Gasteiger partial charge is 0.468 e. The molecule has 0 aromatic heterocycles. The number of methoxy groups -OCH3 is 1. The second-order valence-electron chi connectivity index (χ2n) is 8.67. The Morgan fingerprint density at radius 1 is 1.10 bits per heavy atom. The number of fused-ring (bicyclic) bond motifs is 1. The van der Waals surface area contributed by atoms with Crippen molar-refractivity contribution in [3.63, 3.8) is 0 Å². The number of carbonyl (C=O) groups excluding carboxylic acids is 1. The van der Waals surface area contributed by atoms with Crippen molar-refractivity contribution in [2.24, 2.45) is 0 Å². The van der Waals surface area contributed by atoms with Crippen LogP contribution in [0.5, 0.6) is 0 Å². The first-order chi connectivity index (χ1) is 13.6. The van der Waals surface area contributed by atoms with E-state index in [-0.39, 0.29) is 6.10 Å². The van der Waals surface area contributed by atoms with E-state index in [9.17, 15) is 4.79 Å². The molecule has 3 saturated heterocycles. The summed E-state index contributed by atoms with van der Waals surface area (Å²) < 4.78 is 35.6. The number of esters is 1. The van der Waals surface area contributed by atoms with Gasteiger partial charge in [0.05, 0.1) is 13.7 Å². The Bertz CT molecular complexity index is 780. The maximum atomic E-state index is 12.8. The molecule has 3 aliphatic rings. The van der Waals surface area contributed by atoms with Crippen LogP contribution in [-0.4, -0.2) is 61.8 Å². The summed E-state index contributed by atoms with van der Waals surface area (Å²) in [4.78, 5) is 12.8. The highest BCUT2D eigenvalue weighted by molar-refractivity contribution is 5.79. The summed E-state index contributed by atoms with van der Waals surface area (Å²) >= 11 is 0. The van der Waals surface area contributed by atoms with Gasteiger partial charge in [0, 0.05) is 5.69 Å². The van der Waals surface area contributed by atoms with Gasteiger partial charge in [0.2, 0.25) is 0 Å². The van der Waals surface area contributed by atoms with Crippen LogP contribution in [0.15, 0.2) is 24.3 Å². The maximum absolute atomic E-state index is 12.8. The molecule has 6 atom stereocenters. The van der Waals surface area contributed by atoms with Crippen molar-refractivity contribution in [2.45, 2.75) is 75.7 Å². The van der Waals surface area contributed by atoms with E-state index >= 15 is 0 Å². The Labute approximate surface area is 170 Å². The molecule has 2 N–H and O–H groups in total. The molecule has 0 bridgehead atoms. The lowest BCUT2D eigenvalue weighted by Crippen LogP contribution is -2.40. The van der Waals surface area contributed by atoms with Crippen molar-refractivity contribution in [2.75, 3.05) is 19.5 Å². The number of benzene rings is 1. The molecule has 8 nitrogen and oxygen atoms in total. The molecule has 3 fully saturated rings. The Kier molecular flexibility index (Phi) is 5.11. The topological polar surface area (TPSA) is 98.5 Å². The number of hydrogen-bond acceptors (Lipinski definition) is 8. The smallest absolute Gasteiger partial charge is 0.315 e. The molecule has 1 aromatic rings. The molecule has 4 rings (SSSR count). The number of rotatable bonds is 4. The average Bonchev–Trinajstić information content (AvgIpc) is 3.26. The Balaban J connectivity index is 1.68. The summed E-state index contributed by atoms with van der Waals surface area (Å²) in [5, 5.41) is 0. The average molecular weight is 407 g/mol. The molecule has 1 aromatic carbocycles. The van der Waals surface area contributed by atoms with E-state index in [2.05, 4.69) is 0 Å². The molecule has 3 heterocycles. The molecule has 3 aliphatic heterocycles. The third kappa shape index (κ3) is 3.87. The van der Waals surface area contributed by atoms with Crippen molar-refractivity contribution in [1.29, 1.82) is 0 Å². The zero-order valence-electron chi connectivity index (χ0n) is 17.4. The molecule has 8 heteroatoms. The van der Waals surface area contributed by atoms with Crippen LogP contribution in [0.25, 0.3) is 0 Å². The third-order valence-corrected chi connectivity index (χ3v) is 5.58. The normalized spacial score (nSPS) is 36.0. The minimum absolute atomic E-state index is 0.334. The monoisotopic (exact) mass is 407 g/mol. The number of carbonyl (C=O) groups is 1. The highest BCUT2D eigenvalue weighted by atomic mass is 16.8.